The lowest BCUT2D eigenvalue weighted by atomic mass is 10.2. The fourth-order valence-electron chi connectivity index (χ4n) is 1.56. The molecule has 4 heteroatoms. The Morgan fingerprint density at radius 3 is 2.56 bits per heavy atom. The summed E-state index contributed by atoms with van der Waals surface area (Å²) in [5.74, 6) is 1.05. The number of aryl methyl sites for hydroxylation is 1. The first kappa shape index (κ1) is 13.2. The van der Waals surface area contributed by atoms with Crippen LogP contribution in [0.2, 0.25) is 5.02 Å². The maximum Gasteiger partial charge on any atom is 0.213 e. The van der Waals surface area contributed by atoms with E-state index in [0.29, 0.717) is 23.4 Å². The van der Waals surface area contributed by atoms with E-state index in [4.69, 9.17) is 27.9 Å². The van der Waals surface area contributed by atoms with E-state index in [2.05, 4.69) is 4.98 Å². The molecule has 0 saturated carbocycles. The fourth-order valence-corrected chi connectivity index (χ4v) is 2.03. The van der Waals surface area contributed by atoms with E-state index in [0.717, 1.165) is 16.8 Å². The predicted molar refractivity (Wildman–Crippen MR) is 74.3 cm³/mol. The molecule has 18 heavy (non-hydrogen) atoms. The summed E-state index contributed by atoms with van der Waals surface area (Å²) in [6.07, 6.45) is 0. The third-order valence-electron chi connectivity index (χ3n) is 2.65. The van der Waals surface area contributed by atoms with Crippen LogP contribution in [-0.4, -0.2) is 4.98 Å². The minimum atomic E-state index is 0.409. The molecule has 94 valence electrons. The van der Waals surface area contributed by atoms with Gasteiger partial charge in [-0.1, -0.05) is 35.9 Å². The van der Waals surface area contributed by atoms with Gasteiger partial charge in [-0.05, 0) is 18.6 Å². The molecule has 0 aliphatic rings. The molecule has 2 nitrogen and oxygen atoms in total. The quantitative estimate of drug-likeness (QED) is 0.777. The largest absolute Gasteiger partial charge is 0.473 e. The Bertz CT molecular complexity index is 543. The van der Waals surface area contributed by atoms with Crippen molar-refractivity contribution < 1.29 is 4.74 Å². The van der Waals surface area contributed by atoms with E-state index in [1.165, 1.54) is 0 Å². The average Bonchev–Trinajstić information content (AvgIpc) is 2.38. The first-order valence-electron chi connectivity index (χ1n) is 5.59. The number of hydrogen-bond donors (Lipinski definition) is 0. The number of hydrogen-bond acceptors (Lipinski definition) is 2. The summed E-state index contributed by atoms with van der Waals surface area (Å²) in [6, 6.07) is 11.3. The number of rotatable bonds is 4. The van der Waals surface area contributed by atoms with Crippen LogP contribution in [0.5, 0.6) is 5.88 Å². The smallest absolute Gasteiger partial charge is 0.213 e. The highest BCUT2D eigenvalue weighted by Gasteiger charge is 2.03. The predicted octanol–water partition coefficient (Wildman–Crippen LogP) is 4.36. The molecule has 1 aromatic carbocycles. The molecule has 0 aliphatic carbocycles. The Kier molecular flexibility index (Phi) is 4.45. The molecule has 0 saturated heterocycles. The SMILES string of the molecule is Cc1nc(OCc2ccccc2Cl)ccc1CCl. The number of halogens is 2. The second-order valence-electron chi connectivity index (χ2n) is 3.91. The highest BCUT2D eigenvalue weighted by molar-refractivity contribution is 6.31. The van der Waals surface area contributed by atoms with Crippen LogP contribution in [0.1, 0.15) is 16.8 Å². The zero-order valence-electron chi connectivity index (χ0n) is 9.99. The van der Waals surface area contributed by atoms with Crippen molar-refractivity contribution in [2.45, 2.75) is 19.4 Å². The normalized spacial score (nSPS) is 10.4. The summed E-state index contributed by atoms with van der Waals surface area (Å²) >= 11 is 11.8. The van der Waals surface area contributed by atoms with Crippen LogP contribution in [0.25, 0.3) is 0 Å². The monoisotopic (exact) mass is 281 g/mol. The van der Waals surface area contributed by atoms with Gasteiger partial charge < -0.3 is 4.74 Å². The van der Waals surface area contributed by atoms with Crippen LogP contribution in [0, 0.1) is 6.92 Å². The van der Waals surface area contributed by atoms with E-state index in [-0.39, 0.29) is 0 Å². The van der Waals surface area contributed by atoms with Crippen LogP contribution >= 0.6 is 23.2 Å². The number of aromatic nitrogens is 1. The molecule has 1 heterocycles. The molecule has 0 radical (unpaired) electrons. The van der Waals surface area contributed by atoms with E-state index in [1.807, 2.05) is 43.3 Å². The highest BCUT2D eigenvalue weighted by atomic mass is 35.5. The summed E-state index contributed by atoms with van der Waals surface area (Å²) in [5.41, 5.74) is 2.85. The number of pyridine rings is 1. The Morgan fingerprint density at radius 2 is 1.89 bits per heavy atom. The maximum atomic E-state index is 6.05. The van der Waals surface area contributed by atoms with Gasteiger partial charge in [0.1, 0.15) is 6.61 Å². The van der Waals surface area contributed by atoms with Crippen LogP contribution in [0.3, 0.4) is 0 Å². The summed E-state index contributed by atoms with van der Waals surface area (Å²) in [5, 5.41) is 0.701. The van der Waals surface area contributed by atoms with Gasteiger partial charge in [0.25, 0.3) is 0 Å². The van der Waals surface area contributed by atoms with Crippen LogP contribution < -0.4 is 4.74 Å². The van der Waals surface area contributed by atoms with Gasteiger partial charge in [-0.3, -0.25) is 0 Å². The summed E-state index contributed by atoms with van der Waals surface area (Å²) in [7, 11) is 0. The molecule has 0 N–H and O–H groups in total. The lowest BCUT2D eigenvalue weighted by Gasteiger charge is -2.08. The van der Waals surface area contributed by atoms with Gasteiger partial charge in [-0.15, -0.1) is 11.6 Å². The minimum absolute atomic E-state index is 0.409. The molecule has 0 aliphatic heterocycles. The van der Waals surface area contributed by atoms with Gasteiger partial charge in [-0.2, -0.15) is 0 Å². The Labute approximate surface area is 117 Å². The van der Waals surface area contributed by atoms with Crippen molar-refractivity contribution in [3.8, 4) is 5.88 Å². The third-order valence-corrected chi connectivity index (χ3v) is 3.30. The number of benzene rings is 1. The summed E-state index contributed by atoms with van der Waals surface area (Å²) in [4.78, 5) is 4.34. The molecule has 0 fully saturated rings. The van der Waals surface area contributed by atoms with Gasteiger partial charge >= 0.3 is 0 Å². The van der Waals surface area contributed by atoms with Crippen molar-refractivity contribution >= 4 is 23.2 Å². The van der Waals surface area contributed by atoms with Crippen molar-refractivity contribution in [3.05, 3.63) is 58.2 Å². The first-order valence-corrected chi connectivity index (χ1v) is 6.50. The van der Waals surface area contributed by atoms with Crippen molar-refractivity contribution in [1.29, 1.82) is 0 Å². The molecule has 2 rings (SSSR count). The highest BCUT2D eigenvalue weighted by Crippen LogP contribution is 2.19. The van der Waals surface area contributed by atoms with Gasteiger partial charge in [0.2, 0.25) is 5.88 Å². The van der Waals surface area contributed by atoms with E-state index in [9.17, 15) is 0 Å². The molecular weight excluding hydrogens is 269 g/mol. The molecule has 0 amide bonds. The molecule has 0 spiro atoms. The second-order valence-corrected chi connectivity index (χ2v) is 4.58. The van der Waals surface area contributed by atoms with Gasteiger partial charge in [-0.25, -0.2) is 4.98 Å². The Balaban J connectivity index is 2.07. The van der Waals surface area contributed by atoms with Crippen LogP contribution in [-0.2, 0) is 12.5 Å². The molecular formula is C14H13Cl2NO. The fraction of sp³-hybridized carbons (Fsp3) is 0.214. The second kappa shape index (κ2) is 6.07. The van der Waals surface area contributed by atoms with Crippen LogP contribution in [0.15, 0.2) is 36.4 Å². The lowest BCUT2D eigenvalue weighted by Crippen LogP contribution is -2.00. The van der Waals surface area contributed by atoms with Crippen molar-refractivity contribution in [2.24, 2.45) is 0 Å². The maximum absolute atomic E-state index is 6.05. The summed E-state index contributed by atoms with van der Waals surface area (Å²) < 4.78 is 5.61. The standard InChI is InChI=1S/C14H13Cl2NO/c1-10-11(8-15)6-7-14(17-10)18-9-12-4-2-3-5-13(12)16/h2-7H,8-9H2,1H3. The Morgan fingerprint density at radius 1 is 1.11 bits per heavy atom. The molecule has 0 atom stereocenters. The lowest BCUT2D eigenvalue weighted by molar-refractivity contribution is 0.293. The molecule has 0 bridgehead atoms. The number of ether oxygens (including phenoxy) is 1. The average molecular weight is 282 g/mol. The van der Waals surface area contributed by atoms with Crippen molar-refractivity contribution in [2.75, 3.05) is 0 Å². The Hall–Kier alpha value is -1.25. The van der Waals surface area contributed by atoms with E-state index in [1.54, 1.807) is 0 Å². The van der Waals surface area contributed by atoms with E-state index >= 15 is 0 Å². The van der Waals surface area contributed by atoms with Crippen molar-refractivity contribution in [1.82, 2.24) is 4.98 Å². The zero-order valence-corrected chi connectivity index (χ0v) is 11.5. The van der Waals surface area contributed by atoms with Crippen molar-refractivity contribution in [3.63, 3.8) is 0 Å². The van der Waals surface area contributed by atoms with Gasteiger partial charge in [0.15, 0.2) is 0 Å². The van der Waals surface area contributed by atoms with Gasteiger partial charge in [0, 0.05) is 28.2 Å². The molecule has 2 aromatic rings. The number of nitrogens with zero attached hydrogens (tertiary/aromatic N) is 1. The third kappa shape index (κ3) is 3.15. The summed E-state index contributed by atoms with van der Waals surface area (Å²) in [6.45, 7) is 2.33. The molecule has 0 unspecified atom stereocenters. The molecule has 1 aromatic heterocycles. The first-order chi connectivity index (χ1) is 8.70. The van der Waals surface area contributed by atoms with E-state index < -0.39 is 0 Å². The minimum Gasteiger partial charge on any atom is -0.473 e. The zero-order chi connectivity index (χ0) is 13.0. The van der Waals surface area contributed by atoms with Gasteiger partial charge in [0.05, 0.1) is 0 Å². The number of alkyl halides is 1. The topological polar surface area (TPSA) is 22.1 Å². The van der Waals surface area contributed by atoms with Crippen LogP contribution in [0.4, 0.5) is 0 Å².